The molecule has 1 unspecified atom stereocenters. The van der Waals surface area contributed by atoms with Gasteiger partial charge in [0.25, 0.3) is 0 Å². The molecule has 1 amide bonds. The van der Waals surface area contributed by atoms with Gasteiger partial charge in [0.05, 0.1) is 6.61 Å². The topological polar surface area (TPSA) is 89.9 Å². The van der Waals surface area contributed by atoms with Crippen molar-refractivity contribution in [1.29, 1.82) is 0 Å². The van der Waals surface area contributed by atoms with Gasteiger partial charge in [0.1, 0.15) is 7.60 Å². The molecule has 1 atom stereocenters. The maximum absolute atomic E-state index is 11.1. The minimum atomic E-state index is -3.79. The summed E-state index contributed by atoms with van der Waals surface area (Å²) in [4.78, 5) is 22.1. The van der Waals surface area contributed by atoms with Gasteiger partial charge in [-0.2, -0.15) is 0 Å². The number of hydrogen-bond acceptors (Lipinski definition) is 5. The second kappa shape index (κ2) is 9.59. The second-order valence-corrected chi connectivity index (χ2v) is 4.89. The molecule has 6 nitrogen and oxygen atoms in total. The van der Waals surface area contributed by atoms with Crippen LogP contribution in [0.15, 0.2) is 0 Å². The third-order valence-electron chi connectivity index (χ3n) is 1.74. The van der Waals surface area contributed by atoms with E-state index in [0.717, 1.165) is 0 Å². The Morgan fingerprint density at radius 1 is 1.50 bits per heavy atom. The molecule has 8 heteroatoms. The van der Waals surface area contributed by atoms with E-state index in [0.29, 0.717) is 5.06 Å². The number of carbonyl (C=O) groups excluding carboxylic acids is 1. The molecule has 0 fully saturated rings. The Bertz CT molecular complexity index is 251. The van der Waals surface area contributed by atoms with Gasteiger partial charge < -0.3 is 14.0 Å². The normalized spacial score (nSPS) is 13.8. The van der Waals surface area contributed by atoms with E-state index in [4.69, 9.17) is 5.21 Å². The van der Waals surface area contributed by atoms with Crippen LogP contribution >= 0.6 is 7.60 Å². The van der Waals surface area contributed by atoms with Crippen LogP contribution < -0.4 is 34.5 Å². The fourth-order valence-corrected chi connectivity index (χ4v) is 2.06. The van der Waals surface area contributed by atoms with Crippen LogP contribution in [0.2, 0.25) is 0 Å². The van der Waals surface area contributed by atoms with Crippen molar-refractivity contribution in [3.8, 4) is 0 Å². The van der Waals surface area contributed by atoms with Crippen molar-refractivity contribution >= 4 is 13.5 Å². The Kier molecular flexibility index (Phi) is 11.4. The van der Waals surface area contributed by atoms with Gasteiger partial charge in [-0.25, -0.2) is 5.06 Å². The first-order chi connectivity index (χ1) is 6.93. The van der Waals surface area contributed by atoms with Gasteiger partial charge in [-0.05, 0) is 20.3 Å². The Morgan fingerprint density at radius 3 is 2.50 bits per heavy atom. The molecule has 90 valence electrons. The van der Waals surface area contributed by atoms with Crippen LogP contribution in [0.25, 0.3) is 0 Å². The zero-order valence-electron chi connectivity index (χ0n) is 10.0. The summed E-state index contributed by atoms with van der Waals surface area (Å²) in [5.74, 6) is -0.478. The summed E-state index contributed by atoms with van der Waals surface area (Å²) in [6, 6.07) is 0. The van der Waals surface area contributed by atoms with Gasteiger partial charge >= 0.3 is 29.6 Å². The van der Waals surface area contributed by atoms with Gasteiger partial charge in [-0.1, -0.05) is 0 Å². The van der Waals surface area contributed by atoms with E-state index in [1.807, 2.05) is 0 Å². The van der Waals surface area contributed by atoms with Crippen molar-refractivity contribution in [3.05, 3.63) is 0 Å². The minimum Gasteiger partial charge on any atom is -0.778 e. The SMILES string of the molecule is CCOP(=O)([O-])CCCC(=O)N(O)CC.[Na+]. The molecule has 0 heterocycles. The summed E-state index contributed by atoms with van der Waals surface area (Å²) in [5, 5.41) is 9.53. The zero-order chi connectivity index (χ0) is 11.9. The van der Waals surface area contributed by atoms with E-state index >= 15 is 0 Å². The van der Waals surface area contributed by atoms with Gasteiger partial charge in [0.2, 0.25) is 5.91 Å². The molecule has 0 aromatic carbocycles. The molecule has 0 radical (unpaired) electrons. The first kappa shape index (κ1) is 18.9. The molecule has 0 saturated carbocycles. The average Bonchev–Trinajstić information content (AvgIpc) is 2.15. The van der Waals surface area contributed by atoms with Gasteiger partial charge in [0, 0.05) is 19.1 Å². The van der Waals surface area contributed by atoms with Crippen molar-refractivity contribution in [2.75, 3.05) is 19.3 Å². The number of hydroxylamine groups is 2. The summed E-state index contributed by atoms with van der Waals surface area (Å²) < 4.78 is 15.6. The van der Waals surface area contributed by atoms with Crippen molar-refractivity contribution in [3.63, 3.8) is 0 Å². The van der Waals surface area contributed by atoms with Gasteiger partial charge in [0.15, 0.2) is 0 Å². The molecule has 0 spiro atoms. The molecule has 0 aromatic heterocycles. The van der Waals surface area contributed by atoms with Crippen LogP contribution in [0.3, 0.4) is 0 Å². The number of nitrogens with zero attached hydrogens (tertiary/aromatic N) is 1. The fraction of sp³-hybridized carbons (Fsp3) is 0.875. The number of amides is 1. The fourth-order valence-electron chi connectivity index (χ4n) is 0.991. The maximum Gasteiger partial charge on any atom is 1.00 e. The Hall–Kier alpha value is 0.580. The second-order valence-electron chi connectivity index (χ2n) is 2.97. The maximum atomic E-state index is 11.1. The van der Waals surface area contributed by atoms with Gasteiger partial charge in [-0.3, -0.25) is 10.0 Å². The zero-order valence-corrected chi connectivity index (χ0v) is 12.9. The summed E-state index contributed by atoms with van der Waals surface area (Å²) in [6.07, 6.45) is -0.00947. The first-order valence-electron chi connectivity index (χ1n) is 4.86. The van der Waals surface area contributed by atoms with Crippen LogP contribution in [0.1, 0.15) is 26.7 Å². The molecule has 1 N–H and O–H groups in total. The predicted molar refractivity (Wildman–Crippen MR) is 52.5 cm³/mol. The quantitative estimate of drug-likeness (QED) is 0.239. The van der Waals surface area contributed by atoms with Crippen molar-refractivity contribution in [1.82, 2.24) is 5.06 Å². The Labute approximate surface area is 118 Å². The van der Waals surface area contributed by atoms with Gasteiger partial charge in [-0.15, -0.1) is 0 Å². The van der Waals surface area contributed by atoms with Crippen LogP contribution in [0, 0.1) is 0 Å². The molecule has 0 aromatic rings. The minimum absolute atomic E-state index is 0. The van der Waals surface area contributed by atoms with Crippen molar-refractivity contribution in [2.45, 2.75) is 26.7 Å². The summed E-state index contributed by atoms with van der Waals surface area (Å²) >= 11 is 0. The molecule has 0 aliphatic heterocycles. The molecule has 0 bridgehead atoms. The molecule has 0 rings (SSSR count). The molecule has 0 aliphatic rings. The molecular weight excluding hydrogens is 244 g/mol. The van der Waals surface area contributed by atoms with Crippen LogP contribution in [-0.4, -0.2) is 35.5 Å². The smallest absolute Gasteiger partial charge is 0.778 e. The molecule has 0 aliphatic carbocycles. The third-order valence-corrected chi connectivity index (χ3v) is 3.25. The Balaban J connectivity index is 0. The molecule has 0 saturated heterocycles. The Morgan fingerprint density at radius 2 is 2.06 bits per heavy atom. The van der Waals surface area contributed by atoms with E-state index in [2.05, 4.69) is 4.52 Å². The van der Waals surface area contributed by atoms with E-state index in [1.165, 1.54) is 0 Å². The van der Waals surface area contributed by atoms with Crippen molar-refractivity contribution < 1.29 is 53.5 Å². The first-order valence-corrected chi connectivity index (χ1v) is 6.59. The van der Waals surface area contributed by atoms with E-state index in [1.54, 1.807) is 13.8 Å². The van der Waals surface area contributed by atoms with E-state index < -0.39 is 13.5 Å². The van der Waals surface area contributed by atoms with Crippen LogP contribution in [0.5, 0.6) is 0 Å². The molecular formula is C8H17NNaO5P. The largest absolute Gasteiger partial charge is 1.00 e. The number of carbonyl (C=O) groups is 1. The number of rotatable bonds is 7. The predicted octanol–water partition coefficient (Wildman–Crippen LogP) is -2.40. The third kappa shape index (κ3) is 8.70. The summed E-state index contributed by atoms with van der Waals surface area (Å²) in [7, 11) is -3.79. The summed E-state index contributed by atoms with van der Waals surface area (Å²) in [6.45, 7) is 3.51. The molecule has 16 heavy (non-hydrogen) atoms. The van der Waals surface area contributed by atoms with Crippen LogP contribution in [-0.2, 0) is 13.9 Å². The van der Waals surface area contributed by atoms with Crippen LogP contribution in [0.4, 0.5) is 0 Å². The average molecular weight is 261 g/mol. The standard InChI is InChI=1S/C8H18NO5P.Na/c1-3-9(11)8(10)6-5-7-15(12,13)14-4-2;/h11H,3-7H2,1-2H3,(H,12,13);/q;+1/p-1. The summed E-state index contributed by atoms with van der Waals surface area (Å²) in [5.41, 5.74) is 0. The van der Waals surface area contributed by atoms with E-state index in [-0.39, 0.29) is 61.7 Å². The van der Waals surface area contributed by atoms with Crippen molar-refractivity contribution in [2.24, 2.45) is 0 Å². The number of hydrogen-bond donors (Lipinski definition) is 1. The van der Waals surface area contributed by atoms with E-state index in [9.17, 15) is 14.3 Å². The monoisotopic (exact) mass is 261 g/mol.